The predicted octanol–water partition coefficient (Wildman–Crippen LogP) is 0.586. The van der Waals surface area contributed by atoms with Gasteiger partial charge in [0.15, 0.2) is 5.82 Å². The first-order chi connectivity index (χ1) is 8.60. The van der Waals surface area contributed by atoms with Crippen LogP contribution in [-0.2, 0) is 0 Å². The Labute approximate surface area is 108 Å². The topological polar surface area (TPSA) is 75.3 Å². The first-order valence-corrected chi connectivity index (χ1v) is 6.52. The average molecular weight is 250 g/mol. The van der Waals surface area contributed by atoms with Crippen molar-refractivity contribution in [3.05, 3.63) is 23.3 Å². The highest BCUT2D eigenvalue weighted by Gasteiger charge is 2.21. The maximum Gasteiger partial charge on any atom is 0.158 e. The number of hydrogen-bond donors (Lipinski definition) is 2. The van der Waals surface area contributed by atoms with Gasteiger partial charge in [0, 0.05) is 23.9 Å². The highest BCUT2D eigenvalue weighted by molar-refractivity contribution is 5.16. The van der Waals surface area contributed by atoms with E-state index >= 15 is 0 Å². The molecule has 1 aliphatic heterocycles. The van der Waals surface area contributed by atoms with Gasteiger partial charge in [0.25, 0.3) is 0 Å². The third-order valence-electron chi connectivity index (χ3n) is 3.55. The Bertz CT molecular complexity index is 402. The zero-order valence-electron chi connectivity index (χ0n) is 11.1. The van der Waals surface area contributed by atoms with Crippen LogP contribution in [0.2, 0.25) is 0 Å². The summed E-state index contributed by atoms with van der Waals surface area (Å²) >= 11 is 0. The molecule has 100 valence electrons. The number of hydrogen-bond acceptors (Lipinski definition) is 5. The zero-order valence-corrected chi connectivity index (χ0v) is 11.1. The van der Waals surface area contributed by atoms with E-state index in [9.17, 15) is 5.11 Å². The molecule has 5 heteroatoms. The summed E-state index contributed by atoms with van der Waals surface area (Å²) in [7, 11) is 2.14. The quantitative estimate of drug-likeness (QED) is 0.821. The lowest BCUT2D eigenvalue weighted by Crippen LogP contribution is -2.30. The summed E-state index contributed by atoms with van der Waals surface area (Å²) in [6, 6.07) is 2.03. The van der Waals surface area contributed by atoms with Crippen LogP contribution in [0.3, 0.4) is 0 Å². The number of rotatable bonds is 3. The summed E-state index contributed by atoms with van der Waals surface area (Å²) in [6.45, 7) is 4.30. The Kier molecular flexibility index (Phi) is 4.27. The maximum absolute atomic E-state index is 9.76. The van der Waals surface area contributed by atoms with Crippen LogP contribution < -0.4 is 5.73 Å². The fourth-order valence-corrected chi connectivity index (χ4v) is 2.38. The second kappa shape index (κ2) is 5.73. The molecule has 18 heavy (non-hydrogen) atoms. The number of likely N-dealkylation sites (tertiary alicyclic amines) is 1. The lowest BCUT2D eigenvalue weighted by molar-refractivity contribution is 0.175. The molecule has 1 aliphatic rings. The van der Waals surface area contributed by atoms with E-state index in [-0.39, 0.29) is 6.54 Å². The summed E-state index contributed by atoms with van der Waals surface area (Å²) in [5.74, 6) is 0.943. The molecular formula is C13H22N4O. The molecule has 0 bridgehead atoms. The van der Waals surface area contributed by atoms with E-state index < -0.39 is 6.10 Å². The molecule has 0 aromatic carbocycles. The van der Waals surface area contributed by atoms with E-state index in [1.165, 1.54) is 0 Å². The van der Waals surface area contributed by atoms with Crippen molar-refractivity contribution in [3.63, 3.8) is 0 Å². The Morgan fingerprint density at radius 2 is 2.11 bits per heavy atom. The van der Waals surface area contributed by atoms with E-state index in [4.69, 9.17) is 5.73 Å². The molecule has 0 aliphatic carbocycles. The highest BCUT2D eigenvalue weighted by Crippen LogP contribution is 2.27. The molecule has 0 saturated carbocycles. The minimum atomic E-state index is -0.755. The summed E-state index contributed by atoms with van der Waals surface area (Å²) in [5, 5.41) is 9.76. The van der Waals surface area contributed by atoms with Crippen LogP contribution in [0, 0.1) is 6.92 Å². The molecule has 0 spiro atoms. The normalized spacial score (nSPS) is 20.0. The van der Waals surface area contributed by atoms with Crippen LogP contribution in [0.1, 0.15) is 42.1 Å². The van der Waals surface area contributed by atoms with Gasteiger partial charge in [-0.1, -0.05) is 0 Å². The Hall–Kier alpha value is -1.04. The van der Waals surface area contributed by atoms with Crippen molar-refractivity contribution in [2.75, 3.05) is 26.7 Å². The molecule has 1 unspecified atom stereocenters. The molecular weight excluding hydrogens is 228 g/mol. The molecule has 0 amide bonds. The van der Waals surface area contributed by atoms with Gasteiger partial charge in [-0.3, -0.25) is 0 Å². The Morgan fingerprint density at radius 1 is 1.44 bits per heavy atom. The van der Waals surface area contributed by atoms with Gasteiger partial charge in [0.1, 0.15) is 6.10 Å². The first-order valence-electron chi connectivity index (χ1n) is 6.52. The number of aliphatic hydroxyl groups is 1. The standard InChI is InChI=1S/C13H22N4O/c1-9-7-11(10-3-5-17(2)6-4-10)16-13(15-9)12(18)8-14/h7,10,12,18H,3-6,8,14H2,1-2H3. The van der Waals surface area contributed by atoms with Crippen molar-refractivity contribution in [3.8, 4) is 0 Å². The van der Waals surface area contributed by atoms with Gasteiger partial charge in [-0.2, -0.15) is 0 Å². The van der Waals surface area contributed by atoms with Gasteiger partial charge in [0.05, 0.1) is 0 Å². The van der Waals surface area contributed by atoms with E-state index in [2.05, 4.69) is 21.9 Å². The van der Waals surface area contributed by atoms with Crippen LogP contribution in [-0.4, -0.2) is 46.7 Å². The average Bonchev–Trinajstić information content (AvgIpc) is 2.38. The van der Waals surface area contributed by atoms with E-state index in [0.717, 1.165) is 37.3 Å². The molecule has 0 radical (unpaired) electrons. The van der Waals surface area contributed by atoms with Crippen molar-refractivity contribution < 1.29 is 5.11 Å². The lowest BCUT2D eigenvalue weighted by Gasteiger charge is -2.28. The third-order valence-corrected chi connectivity index (χ3v) is 3.55. The fourth-order valence-electron chi connectivity index (χ4n) is 2.38. The van der Waals surface area contributed by atoms with Crippen molar-refractivity contribution >= 4 is 0 Å². The molecule has 1 aromatic rings. The fraction of sp³-hybridized carbons (Fsp3) is 0.692. The third kappa shape index (κ3) is 3.04. The van der Waals surface area contributed by atoms with Gasteiger partial charge < -0.3 is 15.7 Å². The summed E-state index contributed by atoms with van der Waals surface area (Å²) in [4.78, 5) is 11.1. The van der Waals surface area contributed by atoms with Gasteiger partial charge in [-0.15, -0.1) is 0 Å². The predicted molar refractivity (Wildman–Crippen MR) is 70.3 cm³/mol. The molecule has 5 nitrogen and oxygen atoms in total. The van der Waals surface area contributed by atoms with Crippen LogP contribution in [0.15, 0.2) is 6.07 Å². The molecule has 1 aromatic heterocycles. The first kappa shape index (κ1) is 13.4. The molecule has 2 heterocycles. The molecule has 2 rings (SSSR count). The van der Waals surface area contributed by atoms with Gasteiger partial charge >= 0.3 is 0 Å². The number of piperidine rings is 1. The van der Waals surface area contributed by atoms with Crippen molar-refractivity contribution in [1.29, 1.82) is 0 Å². The van der Waals surface area contributed by atoms with Gasteiger partial charge in [-0.25, -0.2) is 9.97 Å². The number of aryl methyl sites for hydroxylation is 1. The molecule has 1 saturated heterocycles. The molecule has 3 N–H and O–H groups in total. The Balaban J connectivity index is 2.19. The van der Waals surface area contributed by atoms with Gasteiger partial charge in [0.2, 0.25) is 0 Å². The summed E-state index contributed by atoms with van der Waals surface area (Å²) in [6.07, 6.45) is 1.48. The number of nitrogens with zero attached hydrogens (tertiary/aromatic N) is 3. The van der Waals surface area contributed by atoms with Crippen LogP contribution in [0.25, 0.3) is 0 Å². The number of nitrogens with two attached hydrogens (primary N) is 1. The minimum Gasteiger partial charge on any atom is -0.384 e. The smallest absolute Gasteiger partial charge is 0.158 e. The zero-order chi connectivity index (χ0) is 13.1. The number of aromatic nitrogens is 2. The molecule has 1 atom stereocenters. The second-order valence-electron chi connectivity index (χ2n) is 5.12. The second-order valence-corrected chi connectivity index (χ2v) is 5.12. The van der Waals surface area contributed by atoms with E-state index in [0.29, 0.717) is 11.7 Å². The summed E-state index contributed by atoms with van der Waals surface area (Å²) < 4.78 is 0. The lowest BCUT2D eigenvalue weighted by atomic mass is 9.93. The van der Waals surface area contributed by atoms with Crippen LogP contribution in [0.5, 0.6) is 0 Å². The van der Waals surface area contributed by atoms with Crippen molar-refractivity contribution in [2.24, 2.45) is 5.73 Å². The monoisotopic (exact) mass is 250 g/mol. The van der Waals surface area contributed by atoms with Crippen molar-refractivity contribution in [1.82, 2.24) is 14.9 Å². The largest absolute Gasteiger partial charge is 0.384 e. The van der Waals surface area contributed by atoms with Crippen LogP contribution in [0.4, 0.5) is 0 Å². The minimum absolute atomic E-state index is 0.163. The van der Waals surface area contributed by atoms with Crippen molar-refractivity contribution in [2.45, 2.75) is 31.8 Å². The summed E-state index contributed by atoms with van der Waals surface area (Å²) in [5.41, 5.74) is 7.42. The highest BCUT2D eigenvalue weighted by atomic mass is 16.3. The number of aliphatic hydroxyl groups excluding tert-OH is 1. The SMILES string of the molecule is Cc1cc(C2CCN(C)CC2)nc(C(O)CN)n1. The Morgan fingerprint density at radius 3 is 2.72 bits per heavy atom. The van der Waals surface area contributed by atoms with E-state index in [1.54, 1.807) is 0 Å². The van der Waals surface area contributed by atoms with Gasteiger partial charge in [-0.05, 0) is 46.0 Å². The molecule has 1 fully saturated rings. The maximum atomic E-state index is 9.76. The van der Waals surface area contributed by atoms with Crippen LogP contribution >= 0.6 is 0 Å². The van der Waals surface area contributed by atoms with E-state index in [1.807, 2.05) is 13.0 Å².